The van der Waals surface area contributed by atoms with Crippen LogP contribution in [0, 0.1) is 19.3 Å². The summed E-state index contributed by atoms with van der Waals surface area (Å²) < 4.78 is 7.86. The predicted molar refractivity (Wildman–Crippen MR) is 118 cm³/mol. The largest absolute Gasteiger partial charge is 0.496 e. The summed E-state index contributed by atoms with van der Waals surface area (Å²) in [6.07, 6.45) is 1.03. The van der Waals surface area contributed by atoms with Crippen LogP contribution in [0.4, 0.5) is 5.82 Å². The number of pyridine rings is 1. The molecule has 1 aromatic carbocycles. The molecule has 0 radical (unpaired) electrons. The summed E-state index contributed by atoms with van der Waals surface area (Å²) in [5, 5.41) is 3.82. The number of benzene rings is 1. The van der Waals surface area contributed by atoms with Crippen LogP contribution < -0.4 is 10.1 Å². The van der Waals surface area contributed by atoms with Gasteiger partial charge < -0.3 is 10.1 Å². The standard InChI is InChI=1S/C24H33N3O/c1-16-13-17(2)27-20(14-16)25-21(18-11-9-10-12-19(18)28-8)22(27)26-24(6,7)15-23(3,4)5/h9-14,26H,15H2,1-8H3. The van der Waals surface area contributed by atoms with Crippen molar-refractivity contribution >= 4 is 11.5 Å². The number of rotatable bonds is 5. The van der Waals surface area contributed by atoms with E-state index >= 15 is 0 Å². The number of para-hydroxylation sites is 1. The van der Waals surface area contributed by atoms with Gasteiger partial charge in [-0.1, -0.05) is 32.9 Å². The molecule has 4 heteroatoms. The van der Waals surface area contributed by atoms with E-state index in [1.165, 1.54) is 5.56 Å². The summed E-state index contributed by atoms with van der Waals surface area (Å²) in [5.74, 6) is 1.85. The number of anilines is 1. The molecule has 0 aliphatic rings. The third kappa shape index (κ3) is 4.16. The molecule has 0 aliphatic carbocycles. The van der Waals surface area contributed by atoms with Crippen molar-refractivity contribution in [2.24, 2.45) is 5.41 Å². The molecule has 3 rings (SSSR count). The van der Waals surface area contributed by atoms with Gasteiger partial charge >= 0.3 is 0 Å². The molecule has 0 aliphatic heterocycles. The van der Waals surface area contributed by atoms with Crippen LogP contribution in [0.25, 0.3) is 16.9 Å². The van der Waals surface area contributed by atoms with Crippen LogP contribution in [0.3, 0.4) is 0 Å². The van der Waals surface area contributed by atoms with E-state index in [1.54, 1.807) is 7.11 Å². The Morgan fingerprint density at radius 1 is 1.04 bits per heavy atom. The topological polar surface area (TPSA) is 38.6 Å². The number of hydrogen-bond acceptors (Lipinski definition) is 3. The summed E-state index contributed by atoms with van der Waals surface area (Å²) in [6, 6.07) is 12.4. The first kappa shape index (κ1) is 20.2. The van der Waals surface area contributed by atoms with Crippen molar-refractivity contribution in [3.05, 3.63) is 47.7 Å². The van der Waals surface area contributed by atoms with Crippen LogP contribution in [-0.2, 0) is 0 Å². The number of fused-ring (bicyclic) bond motifs is 1. The van der Waals surface area contributed by atoms with E-state index in [9.17, 15) is 0 Å². The smallest absolute Gasteiger partial charge is 0.139 e. The van der Waals surface area contributed by atoms with E-state index in [-0.39, 0.29) is 11.0 Å². The number of nitrogens with zero attached hydrogens (tertiary/aromatic N) is 2. The molecule has 0 spiro atoms. The lowest BCUT2D eigenvalue weighted by Crippen LogP contribution is -2.36. The first-order valence-electron chi connectivity index (χ1n) is 9.92. The Balaban J connectivity index is 2.24. The van der Waals surface area contributed by atoms with Gasteiger partial charge in [-0.2, -0.15) is 0 Å². The molecule has 4 nitrogen and oxygen atoms in total. The molecular weight excluding hydrogens is 346 g/mol. The van der Waals surface area contributed by atoms with E-state index in [1.807, 2.05) is 18.2 Å². The van der Waals surface area contributed by atoms with Gasteiger partial charge in [0.15, 0.2) is 0 Å². The van der Waals surface area contributed by atoms with Crippen molar-refractivity contribution in [2.75, 3.05) is 12.4 Å². The lowest BCUT2D eigenvalue weighted by Gasteiger charge is -2.34. The van der Waals surface area contributed by atoms with Crippen LogP contribution in [-0.4, -0.2) is 22.0 Å². The fourth-order valence-corrected chi connectivity index (χ4v) is 4.36. The van der Waals surface area contributed by atoms with E-state index in [0.29, 0.717) is 0 Å². The summed E-state index contributed by atoms with van der Waals surface area (Å²) in [6.45, 7) is 15.6. The zero-order valence-corrected chi connectivity index (χ0v) is 18.5. The minimum Gasteiger partial charge on any atom is -0.496 e. The fraction of sp³-hybridized carbons (Fsp3) is 0.458. The number of methoxy groups -OCH3 is 1. The second kappa shape index (κ2) is 7.16. The normalized spacial score (nSPS) is 12.4. The third-order valence-electron chi connectivity index (χ3n) is 4.84. The molecule has 1 N–H and O–H groups in total. The van der Waals surface area contributed by atoms with Crippen LogP contribution in [0.5, 0.6) is 5.75 Å². The number of nitrogens with one attached hydrogen (secondary N) is 1. The molecule has 0 amide bonds. The highest BCUT2D eigenvalue weighted by Gasteiger charge is 2.29. The molecule has 0 fully saturated rings. The molecule has 150 valence electrons. The van der Waals surface area contributed by atoms with Crippen molar-refractivity contribution in [2.45, 2.75) is 60.4 Å². The SMILES string of the molecule is COc1ccccc1-c1nc2cc(C)cc(C)n2c1NC(C)(C)CC(C)(C)C. The zero-order chi connectivity index (χ0) is 20.7. The van der Waals surface area contributed by atoms with Crippen LogP contribution in [0.2, 0.25) is 0 Å². The van der Waals surface area contributed by atoms with Gasteiger partial charge in [0.2, 0.25) is 0 Å². The Bertz CT molecular complexity index is 993. The minimum absolute atomic E-state index is 0.0949. The monoisotopic (exact) mass is 379 g/mol. The highest BCUT2D eigenvalue weighted by Crippen LogP contribution is 2.38. The number of hydrogen-bond donors (Lipinski definition) is 1. The molecule has 0 saturated heterocycles. The van der Waals surface area contributed by atoms with Gasteiger partial charge in [0.05, 0.1) is 7.11 Å². The summed E-state index contributed by atoms with van der Waals surface area (Å²) in [5.41, 5.74) is 5.37. The number of ether oxygens (including phenoxy) is 1. The van der Waals surface area contributed by atoms with Crippen LogP contribution in [0.15, 0.2) is 36.4 Å². The fourth-order valence-electron chi connectivity index (χ4n) is 4.36. The molecule has 2 aromatic heterocycles. The van der Waals surface area contributed by atoms with E-state index in [2.05, 4.69) is 76.4 Å². The van der Waals surface area contributed by atoms with Crippen molar-refractivity contribution in [1.82, 2.24) is 9.38 Å². The van der Waals surface area contributed by atoms with Crippen molar-refractivity contribution in [1.29, 1.82) is 0 Å². The summed E-state index contributed by atoms with van der Waals surface area (Å²) in [7, 11) is 1.71. The molecule has 0 atom stereocenters. The average Bonchev–Trinajstić information content (AvgIpc) is 2.89. The highest BCUT2D eigenvalue weighted by molar-refractivity contribution is 5.81. The Morgan fingerprint density at radius 2 is 1.71 bits per heavy atom. The third-order valence-corrected chi connectivity index (χ3v) is 4.84. The molecule has 0 unspecified atom stereocenters. The highest BCUT2D eigenvalue weighted by atomic mass is 16.5. The Kier molecular flexibility index (Phi) is 5.18. The maximum absolute atomic E-state index is 5.64. The quantitative estimate of drug-likeness (QED) is 0.569. The number of aromatic nitrogens is 2. The first-order valence-corrected chi connectivity index (χ1v) is 9.92. The minimum atomic E-state index is -0.0949. The maximum atomic E-state index is 5.64. The molecule has 0 saturated carbocycles. The van der Waals surface area contributed by atoms with Gasteiger partial charge in [-0.25, -0.2) is 4.98 Å². The van der Waals surface area contributed by atoms with E-state index in [0.717, 1.165) is 40.6 Å². The van der Waals surface area contributed by atoms with Gasteiger partial charge in [-0.05, 0) is 69.4 Å². The average molecular weight is 380 g/mol. The van der Waals surface area contributed by atoms with E-state index < -0.39 is 0 Å². The van der Waals surface area contributed by atoms with Crippen molar-refractivity contribution in [3.63, 3.8) is 0 Å². The van der Waals surface area contributed by atoms with Crippen molar-refractivity contribution in [3.8, 4) is 17.0 Å². The zero-order valence-electron chi connectivity index (χ0n) is 18.5. The van der Waals surface area contributed by atoms with Crippen LogP contribution >= 0.6 is 0 Å². The second-order valence-electron chi connectivity index (χ2n) is 9.62. The Hall–Kier alpha value is -2.49. The van der Waals surface area contributed by atoms with E-state index in [4.69, 9.17) is 9.72 Å². The molecule has 3 aromatic rings. The van der Waals surface area contributed by atoms with Gasteiger partial charge in [-0.15, -0.1) is 0 Å². The molecule has 28 heavy (non-hydrogen) atoms. The maximum Gasteiger partial charge on any atom is 0.139 e. The van der Waals surface area contributed by atoms with Crippen molar-refractivity contribution < 1.29 is 4.74 Å². The molecule has 0 bridgehead atoms. The predicted octanol–water partition coefficient (Wildman–Crippen LogP) is 6.25. The second-order valence-corrected chi connectivity index (χ2v) is 9.62. The Morgan fingerprint density at radius 3 is 2.36 bits per heavy atom. The lowest BCUT2D eigenvalue weighted by atomic mass is 9.82. The number of imidazole rings is 1. The number of aryl methyl sites for hydroxylation is 2. The van der Waals surface area contributed by atoms with Gasteiger partial charge in [0.25, 0.3) is 0 Å². The van der Waals surface area contributed by atoms with Gasteiger partial charge in [0, 0.05) is 16.8 Å². The molecular formula is C24H33N3O. The lowest BCUT2D eigenvalue weighted by molar-refractivity contribution is 0.302. The van der Waals surface area contributed by atoms with Crippen LogP contribution in [0.1, 0.15) is 52.3 Å². The summed E-state index contributed by atoms with van der Waals surface area (Å²) in [4.78, 5) is 5.01. The van der Waals surface area contributed by atoms with Gasteiger partial charge in [0.1, 0.15) is 22.9 Å². The van der Waals surface area contributed by atoms with Gasteiger partial charge in [-0.3, -0.25) is 4.40 Å². The molecule has 2 heterocycles. The first-order chi connectivity index (χ1) is 13.0. The summed E-state index contributed by atoms with van der Waals surface area (Å²) >= 11 is 0. The Labute approximate surface area is 169 Å².